The smallest absolute Gasteiger partial charge is 0.394 e. The number of para-hydroxylation sites is 2. The molecule has 2 fully saturated rings. The molecule has 3 atom stereocenters. The molecular formula is C15H18N2O2. The molecule has 0 saturated carbocycles. The van der Waals surface area contributed by atoms with Crippen molar-refractivity contribution in [2.75, 3.05) is 7.05 Å². The van der Waals surface area contributed by atoms with Gasteiger partial charge in [0, 0.05) is 24.9 Å². The number of nitrogens with zero attached hydrogens (tertiary/aromatic N) is 2. The molecule has 2 aromatic rings. The monoisotopic (exact) mass is 258 g/mol. The van der Waals surface area contributed by atoms with Gasteiger partial charge < -0.3 is 14.1 Å². The summed E-state index contributed by atoms with van der Waals surface area (Å²) in [7, 11) is 2.23. The maximum Gasteiger partial charge on any atom is 0.394 e. The summed E-state index contributed by atoms with van der Waals surface area (Å²) in [4.78, 5) is 6.90. The standard InChI is InChI=1S/C15H18N2O2/c1-17-10-6-7-11(17)9-12(8-10)18-15-16-13-4-2-3-5-14(13)19-15/h2-5,10-12H,6-9H2,1H3/t10-,11+,12?. The van der Waals surface area contributed by atoms with E-state index in [2.05, 4.69) is 16.9 Å². The van der Waals surface area contributed by atoms with E-state index in [1.54, 1.807) is 0 Å². The highest BCUT2D eigenvalue weighted by Crippen LogP contribution is 2.36. The molecule has 2 bridgehead atoms. The van der Waals surface area contributed by atoms with Gasteiger partial charge in [0.2, 0.25) is 0 Å². The van der Waals surface area contributed by atoms with Gasteiger partial charge in [0.15, 0.2) is 5.58 Å². The average molecular weight is 258 g/mol. The number of hydrogen-bond donors (Lipinski definition) is 0. The fourth-order valence-corrected chi connectivity index (χ4v) is 3.50. The van der Waals surface area contributed by atoms with Crippen molar-refractivity contribution < 1.29 is 9.15 Å². The number of aromatic nitrogens is 1. The highest BCUT2D eigenvalue weighted by Gasteiger charge is 2.39. The molecule has 0 amide bonds. The minimum atomic E-state index is 0.252. The van der Waals surface area contributed by atoms with Gasteiger partial charge in [-0.3, -0.25) is 0 Å². The van der Waals surface area contributed by atoms with Crippen molar-refractivity contribution in [1.29, 1.82) is 0 Å². The van der Waals surface area contributed by atoms with Crippen molar-refractivity contribution in [1.82, 2.24) is 9.88 Å². The van der Waals surface area contributed by atoms with Gasteiger partial charge in [0.25, 0.3) is 0 Å². The van der Waals surface area contributed by atoms with Gasteiger partial charge in [-0.2, -0.15) is 4.98 Å². The lowest BCUT2D eigenvalue weighted by molar-refractivity contribution is 0.0479. The molecule has 1 unspecified atom stereocenters. The summed E-state index contributed by atoms with van der Waals surface area (Å²) in [6, 6.07) is 9.14. The summed E-state index contributed by atoms with van der Waals surface area (Å²) >= 11 is 0. The van der Waals surface area contributed by atoms with Crippen LogP contribution in [0, 0.1) is 0 Å². The van der Waals surface area contributed by atoms with Gasteiger partial charge in [-0.25, -0.2) is 0 Å². The van der Waals surface area contributed by atoms with Crippen LogP contribution in [0.4, 0.5) is 0 Å². The summed E-state index contributed by atoms with van der Waals surface area (Å²) in [5.41, 5.74) is 1.67. The third-order valence-corrected chi connectivity index (χ3v) is 4.60. The number of piperidine rings is 1. The second-order valence-corrected chi connectivity index (χ2v) is 5.71. The Labute approximate surface area is 112 Å². The minimum absolute atomic E-state index is 0.252. The Kier molecular flexibility index (Phi) is 2.52. The van der Waals surface area contributed by atoms with Crippen LogP contribution in [0.5, 0.6) is 6.08 Å². The van der Waals surface area contributed by atoms with E-state index in [0.29, 0.717) is 18.2 Å². The number of rotatable bonds is 2. The van der Waals surface area contributed by atoms with Gasteiger partial charge in [0.05, 0.1) is 0 Å². The van der Waals surface area contributed by atoms with Crippen LogP contribution in [0.15, 0.2) is 28.7 Å². The van der Waals surface area contributed by atoms with Crippen molar-refractivity contribution in [3.8, 4) is 6.08 Å². The molecule has 19 heavy (non-hydrogen) atoms. The quantitative estimate of drug-likeness (QED) is 0.830. The third-order valence-electron chi connectivity index (χ3n) is 4.60. The Balaban J connectivity index is 1.52. The lowest BCUT2D eigenvalue weighted by Gasteiger charge is -2.35. The lowest BCUT2D eigenvalue weighted by Crippen LogP contribution is -2.43. The number of oxazole rings is 1. The molecule has 4 heteroatoms. The Morgan fingerprint density at radius 3 is 2.68 bits per heavy atom. The summed E-state index contributed by atoms with van der Waals surface area (Å²) in [6.45, 7) is 0. The molecule has 2 aliphatic heterocycles. The number of hydrogen-bond acceptors (Lipinski definition) is 4. The maximum absolute atomic E-state index is 5.96. The summed E-state index contributed by atoms with van der Waals surface area (Å²) in [6.07, 6.45) is 5.46. The maximum atomic E-state index is 5.96. The van der Waals surface area contributed by atoms with Crippen molar-refractivity contribution in [3.05, 3.63) is 24.3 Å². The van der Waals surface area contributed by atoms with Gasteiger partial charge in [-0.1, -0.05) is 12.1 Å². The summed E-state index contributed by atoms with van der Waals surface area (Å²) in [5, 5.41) is 0. The fraction of sp³-hybridized carbons (Fsp3) is 0.533. The van der Waals surface area contributed by atoms with Crippen LogP contribution < -0.4 is 4.74 Å². The molecule has 3 heterocycles. The van der Waals surface area contributed by atoms with Crippen LogP contribution in [0.3, 0.4) is 0 Å². The van der Waals surface area contributed by atoms with E-state index in [4.69, 9.17) is 9.15 Å². The van der Waals surface area contributed by atoms with Gasteiger partial charge in [-0.15, -0.1) is 0 Å². The second-order valence-electron chi connectivity index (χ2n) is 5.71. The first-order valence-electron chi connectivity index (χ1n) is 7.04. The zero-order chi connectivity index (χ0) is 12.8. The van der Waals surface area contributed by atoms with E-state index in [1.165, 1.54) is 12.8 Å². The van der Waals surface area contributed by atoms with Crippen molar-refractivity contribution in [3.63, 3.8) is 0 Å². The number of benzene rings is 1. The fourth-order valence-electron chi connectivity index (χ4n) is 3.50. The lowest BCUT2D eigenvalue weighted by atomic mass is 10.0. The van der Waals surface area contributed by atoms with E-state index in [-0.39, 0.29) is 6.10 Å². The second kappa shape index (κ2) is 4.23. The first-order valence-corrected chi connectivity index (χ1v) is 7.04. The van der Waals surface area contributed by atoms with Crippen molar-refractivity contribution in [2.45, 2.75) is 43.9 Å². The zero-order valence-corrected chi connectivity index (χ0v) is 11.1. The van der Waals surface area contributed by atoms with E-state index in [0.717, 1.165) is 23.9 Å². The van der Waals surface area contributed by atoms with E-state index in [1.807, 2.05) is 24.3 Å². The van der Waals surface area contributed by atoms with Gasteiger partial charge >= 0.3 is 6.08 Å². The highest BCUT2D eigenvalue weighted by molar-refractivity contribution is 5.72. The topological polar surface area (TPSA) is 38.5 Å². The molecule has 0 radical (unpaired) electrons. The van der Waals surface area contributed by atoms with Crippen LogP contribution in [0.1, 0.15) is 25.7 Å². The average Bonchev–Trinajstić information content (AvgIpc) is 2.87. The van der Waals surface area contributed by atoms with Crippen LogP contribution in [0.2, 0.25) is 0 Å². The largest absolute Gasteiger partial charge is 0.447 e. The molecule has 2 aliphatic rings. The van der Waals surface area contributed by atoms with Crippen molar-refractivity contribution in [2.24, 2.45) is 0 Å². The van der Waals surface area contributed by atoms with E-state index >= 15 is 0 Å². The number of fused-ring (bicyclic) bond motifs is 3. The van der Waals surface area contributed by atoms with Crippen LogP contribution >= 0.6 is 0 Å². The Hall–Kier alpha value is -1.55. The minimum Gasteiger partial charge on any atom is -0.447 e. The summed E-state index contributed by atoms with van der Waals surface area (Å²) < 4.78 is 11.6. The Morgan fingerprint density at radius 2 is 1.95 bits per heavy atom. The van der Waals surface area contributed by atoms with Crippen LogP contribution in [0.25, 0.3) is 11.1 Å². The molecular weight excluding hydrogens is 240 g/mol. The van der Waals surface area contributed by atoms with Crippen molar-refractivity contribution >= 4 is 11.1 Å². The molecule has 100 valence electrons. The first kappa shape index (κ1) is 11.3. The number of ether oxygens (including phenoxy) is 1. The summed E-state index contributed by atoms with van der Waals surface area (Å²) in [5.74, 6) is 0. The Morgan fingerprint density at radius 1 is 1.21 bits per heavy atom. The molecule has 2 saturated heterocycles. The molecule has 4 rings (SSSR count). The SMILES string of the molecule is CN1[C@@H]2CC[C@H]1CC(Oc1nc3ccccc3o1)C2. The predicted octanol–water partition coefficient (Wildman–Crippen LogP) is 2.83. The van der Waals surface area contributed by atoms with Crippen LogP contribution in [-0.4, -0.2) is 35.1 Å². The molecule has 1 aromatic carbocycles. The van der Waals surface area contributed by atoms with Gasteiger partial charge in [0.1, 0.15) is 11.6 Å². The molecule has 4 nitrogen and oxygen atoms in total. The zero-order valence-electron chi connectivity index (χ0n) is 11.1. The highest BCUT2D eigenvalue weighted by atomic mass is 16.6. The Bertz CT molecular complexity index is 548. The normalized spacial score (nSPS) is 30.9. The van der Waals surface area contributed by atoms with E-state index in [9.17, 15) is 0 Å². The van der Waals surface area contributed by atoms with Crippen LogP contribution in [-0.2, 0) is 0 Å². The first-order chi connectivity index (χ1) is 9.29. The predicted molar refractivity (Wildman–Crippen MR) is 72.2 cm³/mol. The molecule has 0 aliphatic carbocycles. The van der Waals surface area contributed by atoms with Gasteiger partial charge in [-0.05, 0) is 32.0 Å². The molecule has 0 N–H and O–H groups in total. The van der Waals surface area contributed by atoms with E-state index < -0.39 is 0 Å². The molecule has 1 aromatic heterocycles. The third kappa shape index (κ3) is 1.91. The molecule has 0 spiro atoms.